The van der Waals surface area contributed by atoms with E-state index in [9.17, 15) is 0 Å². The van der Waals surface area contributed by atoms with Crippen LogP contribution in [0.3, 0.4) is 0 Å². The van der Waals surface area contributed by atoms with Gasteiger partial charge in [-0.25, -0.2) is 0 Å². The van der Waals surface area contributed by atoms with Gasteiger partial charge in [-0.1, -0.05) is 12.1 Å². The summed E-state index contributed by atoms with van der Waals surface area (Å²) < 4.78 is 9.67. The third-order valence-electron chi connectivity index (χ3n) is 2.95. The molecule has 11 heteroatoms. The minimum absolute atomic E-state index is 0.846. The molecule has 0 fully saturated rings. The second-order valence-corrected chi connectivity index (χ2v) is 16.1. The standard InChI is InChI=1S/C14H4Br10O/c15-7-3-1-5(9(17)11(7)19)13(21,22)25-14(23,24)6-2-4-8(16)12(20)10(6)18/h1-4H. The third-order valence-corrected chi connectivity index (χ3v) is 12.1. The molecule has 0 amide bonds. The molecule has 0 radical (unpaired) electrons. The first kappa shape index (κ1) is 24.5. The fourth-order valence-corrected chi connectivity index (χ4v) is 9.13. The first-order valence-electron chi connectivity index (χ1n) is 6.12. The van der Waals surface area contributed by atoms with Gasteiger partial charge in [0.25, 0.3) is 0 Å². The fraction of sp³-hybridized carbons (Fsp3) is 0.143. The molecule has 1 nitrogen and oxygen atoms in total. The highest BCUT2D eigenvalue weighted by atomic mass is 79.9. The van der Waals surface area contributed by atoms with E-state index in [0.717, 1.165) is 38.0 Å². The van der Waals surface area contributed by atoms with Gasteiger partial charge in [-0.05, 0) is 171 Å². The fourth-order valence-electron chi connectivity index (χ4n) is 1.77. The van der Waals surface area contributed by atoms with Gasteiger partial charge in [0.15, 0.2) is 0 Å². The normalized spacial score (nSPS) is 12.6. The van der Waals surface area contributed by atoms with Crippen molar-refractivity contribution in [1.29, 1.82) is 0 Å². The highest BCUT2D eigenvalue weighted by Crippen LogP contribution is 2.55. The lowest BCUT2D eigenvalue weighted by molar-refractivity contribution is 0.0623. The van der Waals surface area contributed by atoms with Crippen LogP contribution in [-0.4, -0.2) is 0 Å². The molecule has 0 bridgehead atoms. The highest BCUT2D eigenvalue weighted by molar-refractivity contribution is 9.25. The molecule has 2 rings (SSSR count). The van der Waals surface area contributed by atoms with Gasteiger partial charge in [-0.3, -0.25) is 0 Å². The monoisotopic (exact) mass is 977 g/mol. The Hall–Kier alpha value is 3.20. The molecule has 0 saturated heterocycles. The minimum Gasteiger partial charge on any atom is -0.317 e. The summed E-state index contributed by atoms with van der Waals surface area (Å²) in [5.41, 5.74) is 1.69. The van der Waals surface area contributed by atoms with Crippen molar-refractivity contribution in [3.05, 3.63) is 62.2 Å². The van der Waals surface area contributed by atoms with Gasteiger partial charge in [0.05, 0.1) is 0 Å². The maximum absolute atomic E-state index is 6.28. The van der Waals surface area contributed by atoms with Gasteiger partial charge in [0.1, 0.15) is 0 Å². The van der Waals surface area contributed by atoms with Crippen LogP contribution in [-0.2, 0) is 11.6 Å². The molecule has 2 aromatic rings. The first-order chi connectivity index (χ1) is 11.4. The molecule has 0 aliphatic rings. The summed E-state index contributed by atoms with van der Waals surface area (Å²) in [5, 5.41) is 0. The number of hydrogen-bond acceptors (Lipinski definition) is 1. The van der Waals surface area contributed by atoms with E-state index in [1.807, 2.05) is 24.3 Å². The van der Waals surface area contributed by atoms with Crippen molar-refractivity contribution < 1.29 is 4.74 Å². The Labute approximate surface area is 229 Å². The first-order valence-corrected chi connectivity index (χ1v) is 14.0. The average molecular weight is 987 g/mol. The Morgan fingerprint density at radius 1 is 0.520 bits per heavy atom. The predicted octanol–water partition coefficient (Wildman–Crippen LogP) is 10.8. The quantitative estimate of drug-likeness (QED) is 0.219. The van der Waals surface area contributed by atoms with E-state index in [4.69, 9.17) is 4.74 Å². The number of benzene rings is 2. The highest BCUT2D eigenvalue weighted by Gasteiger charge is 2.41. The van der Waals surface area contributed by atoms with Crippen LogP contribution in [0.15, 0.2) is 51.1 Å². The van der Waals surface area contributed by atoms with E-state index >= 15 is 0 Å². The molecule has 0 N–H and O–H groups in total. The number of hydrogen-bond donors (Lipinski definition) is 0. The van der Waals surface area contributed by atoms with Gasteiger partial charge in [-0.15, -0.1) is 0 Å². The molecule has 0 aliphatic heterocycles. The second kappa shape index (κ2) is 9.56. The van der Waals surface area contributed by atoms with Crippen molar-refractivity contribution in [2.75, 3.05) is 0 Å². The van der Waals surface area contributed by atoms with Crippen LogP contribution in [0.25, 0.3) is 0 Å². The van der Waals surface area contributed by atoms with Crippen molar-refractivity contribution in [2.24, 2.45) is 0 Å². The van der Waals surface area contributed by atoms with E-state index in [1.165, 1.54) is 0 Å². The lowest BCUT2D eigenvalue weighted by Gasteiger charge is -2.32. The van der Waals surface area contributed by atoms with E-state index in [-0.39, 0.29) is 0 Å². The van der Waals surface area contributed by atoms with Gasteiger partial charge in [-0.2, -0.15) is 0 Å². The lowest BCUT2D eigenvalue weighted by Crippen LogP contribution is -2.25. The van der Waals surface area contributed by atoms with E-state index in [1.54, 1.807) is 0 Å². The van der Waals surface area contributed by atoms with Crippen LogP contribution in [0.4, 0.5) is 0 Å². The number of rotatable bonds is 4. The van der Waals surface area contributed by atoms with Crippen molar-refractivity contribution in [3.8, 4) is 0 Å². The average Bonchev–Trinajstić information content (AvgIpc) is 2.48. The van der Waals surface area contributed by atoms with Crippen LogP contribution in [0.2, 0.25) is 0 Å². The Kier molecular flexibility index (Phi) is 9.35. The largest absolute Gasteiger partial charge is 0.317 e. The predicted molar refractivity (Wildman–Crippen MR) is 139 cm³/mol. The molecule has 0 saturated carbocycles. The zero-order valence-electron chi connectivity index (χ0n) is 11.5. The number of alkyl halides is 4. The summed E-state index contributed by atoms with van der Waals surface area (Å²) >= 11 is 35.7. The van der Waals surface area contributed by atoms with Crippen molar-refractivity contribution in [2.45, 2.75) is 6.84 Å². The van der Waals surface area contributed by atoms with Crippen LogP contribution in [0, 0.1) is 0 Å². The van der Waals surface area contributed by atoms with Crippen molar-refractivity contribution in [3.63, 3.8) is 0 Å². The number of halogens is 10. The smallest absolute Gasteiger partial charge is 0.207 e. The maximum Gasteiger partial charge on any atom is 0.207 e. The maximum atomic E-state index is 6.28. The van der Waals surface area contributed by atoms with Gasteiger partial charge < -0.3 is 4.74 Å². The van der Waals surface area contributed by atoms with Crippen LogP contribution < -0.4 is 0 Å². The summed E-state index contributed by atoms with van der Waals surface area (Å²) in [7, 11) is 0. The van der Waals surface area contributed by atoms with Gasteiger partial charge >= 0.3 is 0 Å². The molecular weight excluding hydrogens is 983 g/mol. The Bertz CT molecular complexity index is 750. The molecule has 0 unspecified atom stereocenters. The van der Waals surface area contributed by atoms with Crippen molar-refractivity contribution in [1.82, 2.24) is 0 Å². The Morgan fingerprint density at radius 2 is 0.840 bits per heavy atom. The third kappa shape index (κ3) is 5.67. The minimum atomic E-state index is -0.978. The second-order valence-electron chi connectivity index (χ2n) is 4.58. The molecule has 0 spiro atoms. The van der Waals surface area contributed by atoms with Crippen LogP contribution in [0.1, 0.15) is 11.1 Å². The van der Waals surface area contributed by atoms with Crippen LogP contribution in [0.5, 0.6) is 0 Å². The molecule has 136 valence electrons. The van der Waals surface area contributed by atoms with E-state index in [2.05, 4.69) is 159 Å². The molecule has 0 aromatic heterocycles. The summed E-state index contributed by atoms with van der Waals surface area (Å²) in [6.07, 6.45) is 0. The molecule has 25 heavy (non-hydrogen) atoms. The Morgan fingerprint density at radius 3 is 1.16 bits per heavy atom. The topological polar surface area (TPSA) is 9.23 Å². The molecule has 0 atom stereocenters. The van der Waals surface area contributed by atoms with Gasteiger partial charge in [0, 0.05) is 38.0 Å². The lowest BCUT2D eigenvalue weighted by atomic mass is 10.2. The van der Waals surface area contributed by atoms with Gasteiger partial charge in [0.2, 0.25) is 6.84 Å². The molecular formula is C14H4Br10O. The van der Waals surface area contributed by atoms with Crippen molar-refractivity contribution >= 4 is 159 Å². The molecule has 0 aliphatic carbocycles. The molecule has 0 heterocycles. The summed E-state index contributed by atoms with van der Waals surface area (Å²) in [5.74, 6) is 0. The van der Waals surface area contributed by atoms with Crippen LogP contribution >= 0.6 is 159 Å². The van der Waals surface area contributed by atoms with E-state index < -0.39 is 6.84 Å². The summed E-state index contributed by atoms with van der Waals surface area (Å²) in [4.78, 5) is 0. The Balaban J connectivity index is 2.46. The summed E-state index contributed by atoms with van der Waals surface area (Å²) in [6, 6.07) is 7.73. The zero-order valence-corrected chi connectivity index (χ0v) is 27.4. The summed E-state index contributed by atoms with van der Waals surface area (Å²) in [6.45, 7) is 0. The zero-order chi connectivity index (χ0) is 19.2. The SMILES string of the molecule is Brc1ccc(C(Br)(Br)OC(Br)(Br)c2ccc(Br)c(Br)c2Br)c(Br)c1Br. The number of ether oxygens (including phenoxy) is 1. The molecule has 2 aromatic carbocycles. The van der Waals surface area contributed by atoms with E-state index in [0.29, 0.717) is 0 Å².